The van der Waals surface area contributed by atoms with Crippen molar-refractivity contribution in [2.24, 2.45) is 11.7 Å². The number of hydrogen-bond acceptors (Lipinski definition) is 10. The van der Waals surface area contributed by atoms with E-state index in [1.807, 2.05) is 10.9 Å². The number of para-hydroxylation sites is 2. The molecule has 0 spiro atoms. The molecule has 0 heterocycles. The van der Waals surface area contributed by atoms with Gasteiger partial charge in [0.1, 0.15) is 12.1 Å². The molecular weight excluding hydrogens is 504 g/mol. The Balaban J connectivity index is 1.99. The van der Waals surface area contributed by atoms with Crippen LogP contribution >= 0.6 is 21.6 Å². The fourth-order valence-corrected chi connectivity index (χ4v) is 5.40. The molecule has 194 valence electrons. The summed E-state index contributed by atoms with van der Waals surface area (Å²) in [6.45, 7) is 0. The van der Waals surface area contributed by atoms with E-state index in [-0.39, 0.29) is 11.5 Å². The van der Waals surface area contributed by atoms with Crippen LogP contribution in [0.2, 0.25) is 0 Å². The van der Waals surface area contributed by atoms with Crippen LogP contribution in [0.3, 0.4) is 0 Å². The van der Waals surface area contributed by atoms with Gasteiger partial charge in [-0.05, 0) is 24.3 Å². The molecule has 2 aromatic rings. The number of nitrogens with two attached hydrogens (primary N) is 2. The van der Waals surface area contributed by atoms with Gasteiger partial charge in [-0.2, -0.15) is 0 Å². The van der Waals surface area contributed by atoms with E-state index in [0.717, 1.165) is 0 Å². The van der Waals surface area contributed by atoms with Crippen molar-refractivity contribution in [3.05, 3.63) is 59.7 Å². The topological polar surface area (TPSA) is 193 Å². The number of carbonyl (C=O) groups excluding carboxylic acids is 4. The lowest BCUT2D eigenvalue weighted by Crippen LogP contribution is -2.51. The summed E-state index contributed by atoms with van der Waals surface area (Å²) >= 11 is 0. The molecule has 0 saturated carbocycles. The van der Waals surface area contributed by atoms with Crippen molar-refractivity contribution in [2.45, 2.75) is 12.1 Å². The van der Waals surface area contributed by atoms with Crippen LogP contribution in [0.1, 0.15) is 20.7 Å². The third-order valence-electron chi connectivity index (χ3n) is 4.96. The molecule has 0 aliphatic heterocycles. The van der Waals surface area contributed by atoms with Crippen LogP contribution in [0, 0.1) is 0 Å². The zero-order valence-electron chi connectivity index (χ0n) is 19.8. The van der Waals surface area contributed by atoms with E-state index in [0.29, 0.717) is 22.5 Å². The molecule has 0 bridgehead atoms. The zero-order chi connectivity index (χ0) is 26.5. The van der Waals surface area contributed by atoms with E-state index >= 15 is 0 Å². The van der Waals surface area contributed by atoms with Crippen molar-refractivity contribution in [1.29, 1.82) is 0 Å². The number of rotatable bonds is 13. The Kier molecular flexibility index (Phi) is 11.9. The monoisotopic (exact) mass is 534 g/mol. The first-order chi connectivity index (χ1) is 17.4. The molecule has 0 radical (unpaired) electrons. The number of amides is 4. The van der Waals surface area contributed by atoms with Gasteiger partial charge in [0.2, 0.25) is 0 Å². The third kappa shape index (κ3) is 8.05. The van der Waals surface area contributed by atoms with Crippen LogP contribution in [0.4, 0.5) is 11.4 Å². The van der Waals surface area contributed by atoms with Crippen LogP contribution in [0.15, 0.2) is 48.5 Å². The van der Waals surface area contributed by atoms with Crippen molar-refractivity contribution in [3.63, 3.8) is 0 Å². The highest BCUT2D eigenvalue weighted by Gasteiger charge is 2.25. The maximum atomic E-state index is 12.7. The summed E-state index contributed by atoms with van der Waals surface area (Å²) < 4.78 is 0. The van der Waals surface area contributed by atoms with Gasteiger partial charge in [-0.15, -0.1) is 0 Å². The molecule has 36 heavy (non-hydrogen) atoms. The van der Waals surface area contributed by atoms with Gasteiger partial charge in [0.15, 0.2) is 0 Å². The Hall–Kier alpha value is -3.46. The average molecular weight is 535 g/mol. The molecule has 0 saturated heterocycles. The molecular formula is C22H30N8O4S2. The van der Waals surface area contributed by atoms with E-state index in [2.05, 4.69) is 21.3 Å². The minimum Gasteiger partial charge on any atom is -0.387 e. The molecule has 4 amide bonds. The molecule has 0 fully saturated rings. The van der Waals surface area contributed by atoms with E-state index in [4.69, 9.17) is 11.7 Å². The summed E-state index contributed by atoms with van der Waals surface area (Å²) in [6, 6.07) is 11.8. The summed E-state index contributed by atoms with van der Waals surface area (Å²) in [7, 11) is 5.82. The molecule has 12 nitrogen and oxygen atoms in total. The highest BCUT2D eigenvalue weighted by atomic mass is 33.1. The summed E-state index contributed by atoms with van der Waals surface area (Å²) in [5.41, 5.74) is 6.05. The summed E-state index contributed by atoms with van der Waals surface area (Å²) in [6.07, 6.45) is 0. The van der Waals surface area contributed by atoms with E-state index in [1.54, 1.807) is 62.6 Å². The molecule has 0 aliphatic carbocycles. The van der Waals surface area contributed by atoms with Gasteiger partial charge in [0.05, 0.1) is 11.1 Å². The van der Waals surface area contributed by atoms with Crippen LogP contribution in [0.5, 0.6) is 0 Å². The average Bonchev–Trinajstić information content (AvgIpc) is 2.92. The van der Waals surface area contributed by atoms with Gasteiger partial charge in [-0.25, -0.2) is 11.7 Å². The fraction of sp³-hybridized carbons (Fsp3) is 0.273. The largest absolute Gasteiger partial charge is 0.387 e. The van der Waals surface area contributed by atoms with Gasteiger partial charge < -0.3 is 21.3 Å². The Morgan fingerprint density at radius 1 is 0.694 bits per heavy atom. The van der Waals surface area contributed by atoms with Crippen LogP contribution in [-0.2, 0) is 9.59 Å². The first-order valence-corrected chi connectivity index (χ1v) is 13.3. The van der Waals surface area contributed by atoms with Crippen molar-refractivity contribution >= 4 is 56.6 Å². The number of benzene rings is 2. The van der Waals surface area contributed by atoms with Crippen molar-refractivity contribution in [3.8, 4) is 0 Å². The van der Waals surface area contributed by atoms with Gasteiger partial charge in [0.25, 0.3) is 23.6 Å². The molecule has 14 heteroatoms. The van der Waals surface area contributed by atoms with Gasteiger partial charge in [-0.3, -0.25) is 30.0 Å². The molecule has 2 aromatic carbocycles. The Morgan fingerprint density at radius 3 is 1.39 bits per heavy atom. The van der Waals surface area contributed by atoms with Crippen LogP contribution in [-0.4, -0.2) is 61.3 Å². The Labute approximate surface area is 216 Å². The summed E-state index contributed by atoms with van der Waals surface area (Å²) in [5, 5.41) is 11.2. The molecule has 2 atom stereocenters. The summed E-state index contributed by atoms with van der Waals surface area (Å²) in [5.74, 6) is 8.82. The number of carbonyl (C=O) groups is 4. The van der Waals surface area contributed by atoms with Crippen molar-refractivity contribution in [1.82, 2.24) is 21.5 Å². The van der Waals surface area contributed by atoms with Crippen LogP contribution < -0.4 is 43.8 Å². The molecule has 0 aliphatic rings. The molecule has 0 aromatic heterocycles. The van der Waals surface area contributed by atoms with Crippen LogP contribution in [0.25, 0.3) is 0 Å². The highest BCUT2D eigenvalue weighted by Crippen LogP contribution is 2.24. The maximum Gasteiger partial charge on any atom is 0.257 e. The maximum absolute atomic E-state index is 12.7. The minimum absolute atomic E-state index is 0.147. The molecule has 10 N–H and O–H groups in total. The predicted octanol–water partition coefficient (Wildman–Crippen LogP) is 0.0282. The van der Waals surface area contributed by atoms with Gasteiger partial charge in [0, 0.05) is 37.0 Å². The number of hydrogen-bond donors (Lipinski definition) is 8. The predicted molar refractivity (Wildman–Crippen MR) is 144 cm³/mol. The lowest BCUT2D eigenvalue weighted by Gasteiger charge is -2.19. The standard InChI is InChI=1S/C22H30N8O4S2/c1-25-15-9-5-3-7-13(15)19(31)27-17(21(33)29-23)11-35-36-12-18(22(34)30-24)28-20(32)14-8-4-6-10-16(14)26-2/h3-10,17-18,25-26H,11-12,23-24H2,1-2H3,(H,27,31)(H,28,32)(H,29,33)(H,30,34). The normalized spacial score (nSPS) is 12.0. The first-order valence-electron chi connectivity index (χ1n) is 10.8. The number of nitrogens with one attached hydrogen (secondary N) is 6. The van der Waals surface area contributed by atoms with Crippen molar-refractivity contribution < 1.29 is 19.2 Å². The van der Waals surface area contributed by atoms with E-state index < -0.39 is 35.7 Å². The second kappa shape index (κ2) is 14.8. The Bertz CT molecular complexity index is 988. The lowest BCUT2D eigenvalue weighted by atomic mass is 10.1. The van der Waals surface area contributed by atoms with Crippen molar-refractivity contribution in [2.75, 3.05) is 36.2 Å². The second-order valence-electron chi connectivity index (χ2n) is 7.23. The quantitative estimate of drug-likeness (QED) is 0.0571. The minimum atomic E-state index is -0.941. The number of anilines is 2. The Morgan fingerprint density at radius 2 is 1.06 bits per heavy atom. The molecule has 2 unspecified atom stereocenters. The summed E-state index contributed by atoms with van der Waals surface area (Å²) in [4.78, 5) is 49.9. The smallest absolute Gasteiger partial charge is 0.257 e. The number of hydrazine groups is 2. The third-order valence-corrected chi connectivity index (χ3v) is 7.38. The molecule has 2 rings (SSSR count). The lowest BCUT2D eigenvalue weighted by molar-refractivity contribution is -0.123. The first kappa shape index (κ1) is 28.8. The SMILES string of the molecule is CNc1ccccc1C(=O)NC(CSSCC(NC(=O)c1ccccc1NC)C(=O)NN)C(=O)NN. The fourth-order valence-electron chi connectivity index (χ4n) is 3.07. The zero-order valence-corrected chi connectivity index (χ0v) is 21.4. The van der Waals surface area contributed by atoms with E-state index in [9.17, 15) is 19.2 Å². The van der Waals surface area contributed by atoms with E-state index in [1.165, 1.54) is 21.6 Å². The second-order valence-corrected chi connectivity index (χ2v) is 9.78. The van der Waals surface area contributed by atoms with Gasteiger partial charge >= 0.3 is 0 Å². The van der Waals surface area contributed by atoms with Gasteiger partial charge in [-0.1, -0.05) is 45.9 Å². The highest BCUT2D eigenvalue weighted by molar-refractivity contribution is 8.76.